The summed E-state index contributed by atoms with van der Waals surface area (Å²) in [6.07, 6.45) is 3.10. The van der Waals surface area contributed by atoms with Crippen molar-refractivity contribution >= 4 is 11.8 Å². The number of aliphatic hydroxyl groups excluding tert-OH is 1. The van der Waals surface area contributed by atoms with E-state index in [2.05, 4.69) is 34.3 Å². The van der Waals surface area contributed by atoms with Gasteiger partial charge in [-0.15, -0.1) is 0 Å². The van der Waals surface area contributed by atoms with Crippen molar-refractivity contribution in [2.45, 2.75) is 50.3 Å². The number of nitrogens with zero attached hydrogens (tertiary/aromatic N) is 5. The van der Waals surface area contributed by atoms with E-state index >= 15 is 0 Å². The number of hydrogen-bond donors (Lipinski definition) is 1. The molecular formula is C38H39N5O4. The third kappa shape index (κ3) is 7.17. The van der Waals surface area contributed by atoms with Crippen molar-refractivity contribution in [3.63, 3.8) is 0 Å². The van der Waals surface area contributed by atoms with Crippen molar-refractivity contribution in [2.24, 2.45) is 10.1 Å². The average Bonchev–Trinajstić information content (AvgIpc) is 3.52. The maximum Gasteiger partial charge on any atom is 0.255 e. The van der Waals surface area contributed by atoms with Crippen molar-refractivity contribution < 1.29 is 19.4 Å². The maximum atomic E-state index is 14.9. The normalized spacial score (nSPS) is 19.0. The first-order valence-electron chi connectivity index (χ1n) is 16.2. The lowest BCUT2D eigenvalue weighted by atomic mass is 9.80. The summed E-state index contributed by atoms with van der Waals surface area (Å²) in [5, 5.41) is 13.0. The molecular weight excluding hydrogens is 590 g/mol. The fraction of sp³-hybridized carbons (Fsp3) is 0.316. The first-order valence-corrected chi connectivity index (χ1v) is 16.2. The topological polar surface area (TPSA) is 120 Å². The fourth-order valence-electron chi connectivity index (χ4n) is 6.40. The summed E-state index contributed by atoms with van der Waals surface area (Å²) in [5.41, 5.74) is 13.3. The van der Waals surface area contributed by atoms with E-state index in [1.807, 2.05) is 83.8 Å². The number of aliphatic hydroxyl groups is 1. The zero-order chi connectivity index (χ0) is 32.5. The van der Waals surface area contributed by atoms with Gasteiger partial charge in [-0.25, -0.2) is 4.99 Å². The van der Waals surface area contributed by atoms with Crippen LogP contribution in [0.1, 0.15) is 54.0 Å². The van der Waals surface area contributed by atoms with Crippen LogP contribution in [0.15, 0.2) is 113 Å². The molecule has 0 spiro atoms. The number of amides is 1. The van der Waals surface area contributed by atoms with E-state index in [0.717, 1.165) is 52.6 Å². The number of benzene rings is 4. The lowest BCUT2D eigenvalue weighted by Crippen LogP contribution is -2.53. The molecule has 1 amide bonds. The van der Waals surface area contributed by atoms with Gasteiger partial charge in [-0.05, 0) is 76.9 Å². The van der Waals surface area contributed by atoms with Crippen LogP contribution in [0.25, 0.3) is 21.6 Å². The minimum atomic E-state index is -1.30. The summed E-state index contributed by atoms with van der Waals surface area (Å²) in [6.45, 7) is 2.00. The van der Waals surface area contributed by atoms with Gasteiger partial charge in [0.25, 0.3) is 5.91 Å². The van der Waals surface area contributed by atoms with Crippen LogP contribution in [0.5, 0.6) is 5.75 Å². The Morgan fingerprint density at radius 1 is 0.894 bits per heavy atom. The Labute approximate surface area is 275 Å². The number of piperidine rings is 1. The lowest BCUT2D eigenvalue weighted by Gasteiger charge is -2.37. The van der Waals surface area contributed by atoms with Gasteiger partial charge in [-0.3, -0.25) is 4.79 Å². The monoisotopic (exact) mass is 629 g/mol. The van der Waals surface area contributed by atoms with Crippen molar-refractivity contribution in [3.8, 4) is 16.9 Å². The average molecular weight is 630 g/mol. The summed E-state index contributed by atoms with van der Waals surface area (Å²) >= 11 is 0. The highest BCUT2D eigenvalue weighted by Gasteiger charge is 2.55. The van der Waals surface area contributed by atoms with Crippen molar-refractivity contribution in [3.05, 3.63) is 136 Å². The summed E-state index contributed by atoms with van der Waals surface area (Å²) in [6, 6.07) is 33.6. The Balaban J connectivity index is 1.45. The van der Waals surface area contributed by atoms with Crippen LogP contribution in [0.3, 0.4) is 0 Å². The standard InChI is InChI=1S/C38H39N5O4/c39-42-40-27-33-13-6-5-12-32(33)26-38(37(45)43-22-7-2-8-23-43)35(30-16-14-29(15-17-30)28-10-3-1-4-11-28)47-36(41-38)31-18-20-34(21-19-31)46-25-9-24-44/h1,3-6,10-21,35,44H,2,7-9,22-27H2/t35-,38-/m1/s1. The predicted octanol–water partition coefficient (Wildman–Crippen LogP) is 7.44. The van der Waals surface area contributed by atoms with E-state index in [1.54, 1.807) is 0 Å². The van der Waals surface area contributed by atoms with Crippen molar-refractivity contribution in [2.75, 3.05) is 26.3 Å². The molecule has 6 rings (SSSR count). The first-order chi connectivity index (χ1) is 23.1. The second-order valence-corrected chi connectivity index (χ2v) is 12.0. The van der Waals surface area contributed by atoms with Gasteiger partial charge in [0.2, 0.25) is 5.90 Å². The third-order valence-electron chi connectivity index (χ3n) is 8.85. The highest BCUT2D eigenvalue weighted by molar-refractivity contribution is 6.01. The number of ether oxygens (including phenoxy) is 2. The molecule has 0 aromatic heterocycles. The number of likely N-dealkylation sites (tertiary alicyclic amines) is 1. The molecule has 1 saturated heterocycles. The molecule has 0 radical (unpaired) electrons. The number of azide groups is 1. The molecule has 1 N–H and O–H groups in total. The van der Waals surface area contributed by atoms with E-state index in [9.17, 15) is 4.79 Å². The largest absolute Gasteiger partial charge is 0.494 e. The Morgan fingerprint density at radius 2 is 1.55 bits per heavy atom. The number of carbonyl (C=O) groups is 1. The van der Waals surface area contributed by atoms with Crippen LogP contribution in [0.4, 0.5) is 0 Å². The number of aliphatic imine (C=N–C) groups is 1. The molecule has 2 aliphatic rings. The van der Waals surface area contributed by atoms with Crippen LogP contribution in [0.2, 0.25) is 0 Å². The Hall–Kier alpha value is -5.11. The molecule has 0 aliphatic carbocycles. The smallest absolute Gasteiger partial charge is 0.255 e. The third-order valence-corrected chi connectivity index (χ3v) is 8.85. The predicted molar refractivity (Wildman–Crippen MR) is 182 cm³/mol. The van der Waals surface area contributed by atoms with Gasteiger partial charge in [0, 0.05) is 43.0 Å². The minimum Gasteiger partial charge on any atom is -0.494 e. The Bertz CT molecular complexity index is 1730. The molecule has 240 valence electrons. The second-order valence-electron chi connectivity index (χ2n) is 12.0. The van der Waals surface area contributed by atoms with Crippen LogP contribution >= 0.6 is 0 Å². The Morgan fingerprint density at radius 3 is 2.26 bits per heavy atom. The molecule has 47 heavy (non-hydrogen) atoms. The van der Waals surface area contributed by atoms with Gasteiger partial charge in [0.1, 0.15) is 5.75 Å². The highest BCUT2D eigenvalue weighted by atomic mass is 16.5. The molecule has 9 heteroatoms. The minimum absolute atomic E-state index is 0.0631. The number of hydrogen-bond acceptors (Lipinski definition) is 6. The molecule has 0 bridgehead atoms. The summed E-state index contributed by atoms with van der Waals surface area (Å²) in [7, 11) is 0. The molecule has 2 aliphatic heterocycles. The van der Waals surface area contributed by atoms with E-state index in [-0.39, 0.29) is 25.5 Å². The summed E-state index contributed by atoms with van der Waals surface area (Å²) < 4.78 is 12.5. The molecule has 1 fully saturated rings. The molecule has 0 saturated carbocycles. The van der Waals surface area contributed by atoms with E-state index in [1.165, 1.54) is 0 Å². The maximum absolute atomic E-state index is 14.9. The van der Waals surface area contributed by atoms with E-state index in [0.29, 0.717) is 37.8 Å². The molecule has 4 aromatic rings. The molecule has 9 nitrogen and oxygen atoms in total. The summed E-state index contributed by atoms with van der Waals surface area (Å²) in [4.78, 5) is 25.1. The van der Waals surface area contributed by atoms with Crippen molar-refractivity contribution in [1.29, 1.82) is 0 Å². The van der Waals surface area contributed by atoms with Gasteiger partial charge in [0.05, 0.1) is 13.2 Å². The van der Waals surface area contributed by atoms with Crippen molar-refractivity contribution in [1.82, 2.24) is 4.90 Å². The first kappa shape index (κ1) is 31.9. The van der Waals surface area contributed by atoms with E-state index in [4.69, 9.17) is 25.1 Å². The van der Waals surface area contributed by atoms with Gasteiger partial charge < -0.3 is 19.5 Å². The molecule has 2 heterocycles. The molecule has 4 aromatic carbocycles. The molecule has 2 atom stereocenters. The zero-order valence-electron chi connectivity index (χ0n) is 26.4. The highest BCUT2D eigenvalue weighted by Crippen LogP contribution is 2.44. The van der Waals surface area contributed by atoms with Crippen LogP contribution in [0, 0.1) is 0 Å². The SMILES string of the molecule is [N-]=[N+]=NCc1ccccc1C[C@@]1(C(=O)N2CCCCC2)N=C(c2ccc(OCCCO)cc2)O[C@@H]1c1ccc(-c2ccccc2)cc1. The van der Waals surface area contributed by atoms with Gasteiger partial charge in [0.15, 0.2) is 11.6 Å². The Kier molecular flexibility index (Phi) is 10.2. The van der Waals surface area contributed by atoms with E-state index < -0.39 is 11.6 Å². The number of rotatable bonds is 12. The van der Waals surface area contributed by atoms with Crippen LogP contribution < -0.4 is 4.74 Å². The fourth-order valence-corrected chi connectivity index (χ4v) is 6.40. The van der Waals surface area contributed by atoms with Gasteiger partial charge in [-0.2, -0.15) is 0 Å². The number of carbonyl (C=O) groups excluding carboxylic acids is 1. The molecule has 0 unspecified atom stereocenters. The zero-order valence-corrected chi connectivity index (χ0v) is 26.4. The lowest BCUT2D eigenvalue weighted by molar-refractivity contribution is -0.140. The van der Waals surface area contributed by atoms with Crippen LogP contribution in [-0.2, 0) is 22.5 Å². The van der Waals surface area contributed by atoms with Gasteiger partial charge in [-0.1, -0.05) is 84.0 Å². The summed E-state index contributed by atoms with van der Waals surface area (Å²) in [5.74, 6) is 1.00. The van der Waals surface area contributed by atoms with Gasteiger partial charge >= 0.3 is 0 Å². The quantitative estimate of drug-likeness (QED) is 0.0758. The van der Waals surface area contributed by atoms with Crippen LogP contribution in [-0.4, -0.2) is 53.7 Å². The second kappa shape index (κ2) is 15.0.